The lowest BCUT2D eigenvalue weighted by Gasteiger charge is -2.35. The first-order chi connectivity index (χ1) is 17.4. The second-order valence-corrected chi connectivity index (χ2v) is 12.2. The summed E-state index contributed by atoms with van der Waals surface area (Å²) in [5.41, 5.74) is 3.80. The number of nitrogens with one attached hydrogen (secondary N) is 2. The van der Waals surface area contributed by atoms with Gasteiger partial charge in [-0.15, -0.1) is 0 Å². The lowest BCUT2D eigenvalue weighted by atomic mass is 9.71. The van der Waals surface area contributed by atoms with Crippen LogP contribution in [-0.2, 0) is 10.2 Å². The fourth-order valence-corrected chi connectivity index (χ4v) is 5.73. The number of aromatic nitrogens is 1. The van der Waals surface area contributed by atoms with Crippen LogP contribution >= 0.6 is 15.9 Å². The normalized spacial score (nSPS) is 17.4. The molecule has 1 aliphatic carbocycles. The van der Waals surface area contributed by atoms with E-state index in [2.05, 4.69) is 34.8 Å². The van der Waals surface area contributed by atoms with Gasteiger partial charge in [-0.2, -0.15) is 0 Å². The van der Waals surface area contributed by atoms with E-state index in [1.54, 1.807) is 4.90 Å². The number of nitrogens with zero attached hydrogens (tertiary/aromatic N) is 1. The largest absolute Gasteiger partial charge is 0.489 e. The van der Waals surface area contributed by atoms with Crippen LogP contribution in [0.3, 0.4) is 0 Å². The number of amides is 1. The van der Waals surface area contributed by atoms with Crippen molar-refractivity contribution < 1.29 is 19.1 Å². The Hall–Kier alpha value is -3.13. The monoisotopic (exact) mass is 565 g/mol. The van der Waals surface area contributed by atoms with Crippen molar-refractivity contribution in [2.24, 2.45) is 0 Å². The molecule has 1 amide bonds. The summed E-state index contributed by atoms with van der Waals surface area (Å²) in [7, 11) is 0. The lowest BCUT2D eigenvalue weighted by molar-refractivity contribution is 0.0126. The number of carbonyl (C=O) groups excluding carboxylic acids is 2. The minimum absolute atomic E-state index is 0.0175. The summed E-state index contributed by atoms with van der Waals surface area (Å²) in [5.74, 6) is 0.678. The first-order valence-corrected chi connectivity index (χ1v) is 13.4. The van der Waals surface area contributed by atoms with Gasteiger partial charge >= 0.3 is 6.09 Å². The number of ether oxygens (including phenoxy) is 2. The molecule has 1 saturated heterocycles. The van der Waals surface area contributed by atoms with E-state index in [9.17, 15) is 9.59 Å². The van der Waals surface area contributed by atoms with Gasteiger partial charge in [0.2, 0.25) is 0 Å². The topological polar surface area (TPSA) is 95.5 Å². The molecule has 7 nitrogen and oxygen atoms in total. The van der Waals surface area contributed by atoms with Gasteiger partial charge in [0.25, 0.3) is 0 Å². The molecule has 8 heteroatoms. The Morgan fingerprint density at radius 2 is 1.89 bits per heavy atom. The molecule has 0 saturated carbocycles. The Balaban J connectivity index is 1.41. The number of hydrogen-bond donors (Lipinski definition) is 2. The predicted molar refractivity (Wildman–Crippen MR) is 147 cm³/mol. The highest BCUT2D eigenvalue weighted by atomic mass is 79.9. The number of likely N-dealkylation sites (tertiary alicyclic amines) is 1. The summed E-state index contributed by atoms with van der Waals surface area (Å²) in [4.78, 5) is 31.3. The van der Waals surface area contributed by atoms with Crippen LogP contribution in [0, 0.1) is 5.41 Å². The fraction of sp³-hybridized carbons (Fsp3) is 0.414. The van der Waals surface area contributed by atoms with Crippen molar-refractivity contribution in [2.45, 2.75) is 64.6 Å². The quantitative estimate of drug-likeness (QED) is 0.351. The number of H-pyrrole nitrogens is 1. The van der Waals surface area contributed by atoms with Gasteiger partial charge in [0.15, 0.2) is 5.78 Å². The highest BCUT2D eigenvalue weighted by Crippen LogP contribution is 2.46. The molecular weight excluding hydrogens is 534 g/mol. The summed E-state index contributed by atoms with van der Waals surface area (Å²) in [6.07, 6.45) is 2.38. The summed E-state index contributed by atoms with van der Waals surface area (Å²) in [6, 6.07) is 9.54. The van der Waals surface area contributed by atoms with Crippen LogP contribution in [-0.4, -0.2) is 52.8 Å². The molecule has 5 rings (SSSR count). The Morgan fingerprint density at radius 3 is 2.54 bits per heavy atom. The molecule has 2 aliphatic rings. The van der Waals surface area contributed by atoms with E-state index in [-0.39, 0.29) is 18.0 Å². The summed E-state index contributed by atoms with van der Waals surface area (Å²) in [5, 5.41) is 8.45. The average molecular weight is 566 g/mol. The second-order valence-electron chi connectivity index (χ2n) is 11.4. The Bertz CT molecular complexity index is 1430. The summed E-state index contributed by atoms with van der Waals surface area (Å²) < 4.78 is 12.7. The minimum atomic E-state index is -0.518. The highest BCUT2D eigenvalue weighted by molar-refractivity contribution is 9.10. The van der Waals surface area contributed by atoms with Crippen LogP contribution in [0.5, 0.6) is 5.75 Å². The van der Waals surface area contributed by atoms with E-state index in [0.29, 0.717) is 42.8 Å². The lowest BCUT2D eigenvalue weighted by Crippen LogP contribution is -2.44. The number of aromatic amines is 1. The third-order valence-corrected chi connectivity index (χ3v) is 7.84. The Morgan fingerprint density at radius 1 is 1.19 bits per heavy atom. The van der Waals surface area contributed by atoms with Crippen molar-refractivity contribution in [2.75, 3.05) is 13.1 Å². The number of benzene rings is 2. The maximum Gasteiger partial charge on any atom is 0.410 e. The molecule has 1 aromatic heterocycles. The Kier molecular flexibility index (Phi) is 6.21. The standard InChI is InChI=1S/C29H32BrN3O4/c1-28(2,3)37-27(35)33-10-8-17(9-11-33)36-23-14-20-19(13-21(23)30)25(34)24-18-7-6-16(15-31)12-22(18)32-26(24)29(20,4)5/h6-7,12-15,17,31-32H,8-11H2,1-5H3. The van der Waals surface area contributed by atoms with E-state index >= 15 is 0 Å². The smallest absolute Gasteiger partial charge is 0.410 e. The molecule has 0 radical (unpaired) electrons. The average Bonchev–Trinajstić information content (AvgIpc) is 3.23. The summed E-state index contributed by atoms with van der Waals surface area (Å²) in [6.45, 7) is 11.0. The number of hydrogen-bond acceptors (Lipinski definition) is 5. The van der Waals surface area contributed by atoms with Crippen LogP contribution < -0.4 is 4.74 Å². The SMILES string of the molecule is CC(C)(C)OC(=O)N1CCC(Oc2cc3c(cc2Br)C(=O)c2c([nH]c4cc(C=N)ccc24)C3(C)C)CC1. The highest BCUT2D eigenvalue weighted by Gasteiger charge is 2.40. The van der Waals surface area contributed by atoms with Crippen molar-refractivity contribution in [3.63, 3.8) is 0 Å². The number of fused-ring (bicyclic) bond motifs is 4. The zero-order chi connectivity index (χ0) is 26.7. The summed E-state index contributed by atoms with van der Waals surface area (Å²) >= 11 is 3.64. The zero-order valence-corrected chi connectivity index (χ0v) is 23.4. The second kappa shape index (κ2) is 9.01. The molecular formula is C29H32BrN3O4. The molecule has 2 N–H and O–H groups in total. The van der Waals surface area contributed by atoms with Crippen molar-refractivity contribution in [3.05, 3.63) is 62.8 Å². The molecule has 2 aromatic carbocycles. The van der Waals surface area contributed by atoms with Gasteiger partial charge in [0, 0.05) is 59.7 Å². The zero-order valence-electron chi connectivity index (χ0n) is 21.8. The van der Waals surface area contributed by atoms with Crippen LogP contribution in [0.25, 0.3) is 10.9 Å². The van der Waals surface area contributed by atoms with Gasteiger partial charge in [-0.1, -0.05) is 26.0 Å². The minimum Gasteiger partial charge on any atom is -0.489 e. The first kappa shape index (κ1) is 25.5. The van der Waals surface area contributed by atoms with Gasteiger partial charge in [-0.3, -0.25) is 4.79 Å². The number of piperidine rings is 1. The van der Waals surface area contributed by atoms with E-state index < -0.39 is 11.0 Å². The van der Waals surface area contributed by atoms with Crippen molar-refractivity contribution in [1.29, 1.82) is 5.41 Å². The van der Waals surface area contributed by atoms with Gasteiger partial charge in [0.05, 0.1) is 10.0 Å². The third-order valence-electron chi connectivity index (χ3n) is 7.22. The number of carbonyl (C=O) groups is 2. The number of rotatable bonds is 3. The molecule has 2 heterocycles. The molecule has 0 atom stereocenters. The van der Waals surface area contributed by atoms with Crippen molar-refractivity contribution in [3.8, 4) is 5.75 Å². The van der Waals surface area contributed by atoms with E-state index in [4.69, 9.17) is 14.9 Å². The molecule has 37 heavy (non-hydrogen) atoms. The molecule has 3 aromatic rings. The van der Waals surface area contributed by atoms with E-state index in [1.807, 2.05) is 51.1 Å². The van der Waals surface area contributed by atoms with Crippen LogP contribution in [0.4, 0.5) is 4.79 Å². The molecule has 194 valence electrons. The third kappa shape index (κ3) is 4.56. The molecule has 1 aliphatic heterocycles. The number of ketones is 1. The molecule has 0 spiro atoms. The van der Waals surface area contributed by atoms with Crippen molar-refractivity contribution in [1.82, 2.24) is 9.88 Å². The van der Waals surface area contributed by atoms with Gasteiger partial charge in [-0.25, -0.2) is 4.79 Å². The van der Waals surface area contributed by atoms with Crippen LogP contribution in [0.15, 0.2) is 34.8 Å². The molecule has 0 unspecified atom stereocenters. The fourth-order valence-electron chi connectivity index (χ4n) is 5.29. The van der Waals surface area contributed by atoms with E-state index in [0.717, 1.165) is 32.2 Å². The van der Waals surface area contributed by atoms with E-state index in [1.165, 1.54) is 6.21 Å². The van der Waals surface area contributed by atoms with Crippen molar-refractivity contribution >= 4 is 44.9 Å². The maximum absolute atomic E-state index is 13.7. The van der Waals surface area contributed by atoms with Crippen LogP contribution in [0.1, 0.15) is 80.2 Å². The maximum atomic E-state index is 13.7. The number of halogens is 1. The first-order valence-electron chi connectivity index (χ1n) is 12.6. The predicted octanol–water partition coefficient (Wildman–Crippen LogP) is 6.58. The van der Waals surface area contributed by atoms with Gasteiger partial charge in [0.1, 0.15) is 17.5 Å². The van der Waals surface area contributed by atoms with Crippen LogP contribution in [0.2, 0.25) is 0 Å². The van der Waals surface area contributed by atoms with Gasteiger partial charge < -0.3 is 24.8 Å². The van der Waals surface area contributed by atoms with Gasteiger partial charge in [-0.05, 0) is 66.0 Å². The Labute approximate surface area is 225 Å². The molecule has 1 fully saturated rings. The molecule has 0 bridgehead atoms.